The van der Waals surface area contributed by atoms with Gasteiger partial charge in [0, 0.05) is 18.3 Å². The molecule has 0 saturated heterocycles. The summed E-state index contributed by atoms with van der Waals surface area (Å²) in [5.41, 5.74) is 3.47. The van der Waals surface area contributed by atoms with Crippen LogP contribution in [0.2, 0.25) is 0 Å². The molecule has 0 bridgehead atoms. The van der Waals surface area contributed by atoms with Gasteiger partial charge in [-0.05, 0) is 37.3 Å². The van der Waals surface area contributed by atoms with E-state index in [0.717, 1.165) is 11.8 Å². The SMILES string of the molecule is Cc1c(/C=N\NC(=S)Nc2ccccc2C(F)(F)F)cc(C#N)n1C. The third-order valence-corrected chi connectivity index (χ3v) is 3.73. The van der Waals surface area contributed by atoms with E-state index in [2.05, 4.69) is 15.8 Å². The minimum absolute atomic E-state index is 0.0814. The number of nitriles is 1. The Morgan fingerprint density at radius 3 is 2.64 bits per heavy atom. The number of nitrogens with zero attached hydrogens (tertiary/aromatic N) is 3. The molecule has 1 aromatic heterocycles. The number of thiocarbonyl (C=S) groups is 1. The molecule has 130 valence electrons. The lowest BCUT2D eigenvalue weighted by atomic mass is 10.2. The van der Waals surface area contributed by atoms with Crippen LogP contribution in [0, 0.1) is 18.3 Å². The average Bonchev–Trinajstić information content (AvgIpc) is 2.82. The van der Waals surface area contributed by atoms with Crippen molar-refractivity contribution in [1.82, 2.24) is 9.99 Å². The molecule has 0 spiro atoms. The molecule has 0 aliphatic carbocycles. The maximum absolute atomic E-state index is 12.9. The van der Waals surface area contributed by atoms with Crippen LogP contribution in [0.4, 0.5) is 18.9 Å². The highest BCUT2D eigenvalue weighted by molar-refractivity contribution is 7.80. The first-order valence-electron chi connectivity index (χ1n) is 7.06. The van der Waals surface area contributed by atoms with Crippen LogP contribution in [-0.4, -0.2) is 15.9 Å². The zero-order chi connectivity index (χ0) is 18.6. The summed E-state index contributed by atoms with van der Waals surface area (Å²) in [5.74, 6) is 0. The highest BCUT2D eigenvalue weighted by Crippen LogP contribution is 2.34. The van der Waals surface area contributed by atoms with Crippen molar-refractivity contribution in [3.8, 4) is 6.07 Å². The van der Waals surface area contributed by atoms with Gasteiger partial charge in [-0.3, -0.25) is 5.43 Å². The summed E-state index contributed by atoms with van der Waals surface area (Å²) in [5, 5.41) is 15.3. The Labute approximate surface area is 147 Å². The van der Waals surface area contributed by atoms with E-state index >= 15 is 0 Å². The highest BCUT2D eigenvalue weighted by atomic mass is 32.1. The number of rotatable bonds is 3. The fourth-order valence-electron chi connectivity index (χ4n) is 2.11. The van der Waals surface area contributed by atoms with Gasteiger partial charge in [0.05, 0.1) is 17.5 Å². The Hall–Kier alpha value is -2.86. The van der Waals surface area contributed by atoms with Crippen molar-refractivity contribution in [1.29, 1.82) is 5.26 Å². The summed E-state index contributed by atoms with van der Waals surface area (Å²) in [6, 6.07) is 8.71. The van der Waals surface area contributed by atoms with Crippen molar-refractivity contribution in [2.24, 2.45) is 12.1 Å². The number of aromatic nitrogens is 1. The lowest BCUT2D eigenvalue weighted by Gasteiger charge is -2.14. The summed E-state index contributed by atoms with van der Waals surface area (Å²) >= 11 is 4.96. The Bertz CT molecular complexity index is 862. The Morgan fingerprint density at radius 1 is 1.36 bits per heavy atom. The van der Waals surface area contributed by atoms with E-state index in [4.69, 9.17) is 17.5 Å². The van der Waals surface area contributed by atoms with Crippen LogP contribution in [0.5, 0.6) is 0 Å². The average molecular weight is 365 g/mol. The van der Waals surface area contributed by atoms with Gasteiger partial charge in [0.25, 0.3) is 0 Å². The molecule has 1 aromatic carbocycles. The van der Waals surface area contributed by atoms with Crippen molar-refractivity contribution in [2.75, 3.05) is 5.32 Å². The number of alkyl halides is 3. The molecule has 0 amide bonds. The van der Waals surface area contributed by atoms with Crippen molar-refractivity contribution in [3.63, 3.8) is 0 Å². The van der Waals surface area contributed by atoms with Crippen LogP contribution < -0.4 is 10.7 Å². The standard InChI is InChI=1S/C16H14F3N5S/c1-10-11(7-12(8-20)24(10)2)9-21-23-15(25)22-14-6-4-3-5-13(14)16(17,18)19/h3-7,9H,1-2H3,(H2,22,23,25)/b21-9-. The van der Waals surface area contributed by atoms with E-state index in [9.17, 15) is 13.2 Å². The zero-order valence-electron chi connectivity index (χ0n) is 13.3. The molecule has 0 atom stereocenters. The van der Waals surface area contributed by atoms with E-state index in [1.165, 1.54) is 24.4 Å². The third-order valence-electron chi connectivity index (χ3n) is 3.54. The number of halogens is 3. The molecule has 25 heavy (non-hydrogen) atoms. The van der Waals surface area contributed by atoms with Gasteiger partial charge in [-0.15, -0.1) is 0 Å². The lowest BCUT2D eigenvalue weighted by Crippen LogP contribution is -2.25. The summed E-state index contributed by atoms with van der Waals surface area (Å²) in [6.07, 6.45) is -3.04. The van der Waals surface area contributed by atoms with Crippen LogP contribution in [0.15, 0.2) is 35.4 Å². The molecule has 0 aliphatic heterocycles. The Morgan fingerprint density at radius 2 is 2.04 bits per heavy atom. The molecule has 5 nitrogen and oxygen atoms in total. The zero-order valence-corrected chi connectivity index (χ0v) is 14.2. The van der Waals surface area contributed by atoms with Crippen molar-refractivity contribution < 1.29 is 13.2 Å². The number of nitrogens with one attached hydrogen (secondary N) is 2. The van der Waals surface area contributed by atoms with Crippen molar-refractivity contribution in [3.05, 3.63) is 52.8 Å². The van der Waals surface area contributed by atoms with Gasteiger partial charge in [-0.25, -0.2) is 0 Å². The first-order valence-corrected chi connectivity index (χ1v) is 7.47. The number of para-hydroxylation sites is 1. The van der Waals surface area contributed by atoms with Crippen LogP contribution in [0.25, 0.3) is 0 Å². The van der Waals surface area contributed by atoms with Crippen LogP contribution in [0.1, 0.15) is 22.5 Å². The molecule has 9 heteroatoms. The Kier molecular flexibility index (Phi) is 5.44. The van der Waals surface area contributed by atoms with Gasteiger partial charge in [0.1, 0.15) is 11.8 Å². The third kappa shape index (κ3) is 4.36. The number of hydrazone groups is 1. The second kappa shape index (κ2) is 7.36. The second-order valence-corrected chi connectivity index (χ2v) is 5.52. The van der Waals surface area contributed by atoms with Crippen molar-refractivity contribution >= 4 is 29.2 Å². The predicted molar refractivity (Wildman–Crippen MR) is 93.3 cm³/mol. The molecule has 2 N–H and O–H groups in total. The van der Waals surface area contributed by atoms with Crippen LogP contribution in [0.3, 0.4) is 0 Å². The first-order chi connectivity index (χ1) is 11.7. The summed E-state index contributed by atoms with van der Waals surface area (Å²) in [7, 11) is 1.75. The maximum atomic E-state index is 12.9. The van der Waals surface area contributed by atoms with Crippen LogP contribution in [-0.2, 0) is 13.2 Å². The van der Waals surface area contributed by atoms with Gasteiger partial charge in [-0.2, -0.15) is 23.5 Å². The molecule has 2 aromatic rings. The monoisotopic (exact) mass is 365 g/mol. The Balaban J connectivity index is 2.06. The normalized spacial score (nSPS) is 11.4. The summed E-state index contributed by atoms with van der Waals surface area (Å²) in [4.78, 5) is 0. The first kappa shape index (κ1) is 18.5. The van der Waals surface area contributed by atoms with Gasteiger partial charge in [-0.1, -0.05) is 12.1 Å². The highest BCUT2D eigenvalue weighted by Gasteiger charge is 2.33. The fourth-order valence-corrected chi connectivity index (χ4v) is 2.27. The van der Waals surface area contributed by atoms with Crippen molar-refractivity contribution in [2.45, 2.75) is 13.1 Å². The number of hydrogen-bond donors (Lipinski definition) is 2. The molecule has 0 fully saturated rings. The molecular formula is C16H14F3N5S. The molecular weight excluding hydrogens is 351 g/mol. The predicted octanol–water partition coefficient (Wildman–Crippen LogP) is 3.54. The number of anilines is 1. The second-order valence-electron chi connectivity index (χ2n) is 5.11. The summed E-state index contributed by atoms with van der Waals surface area (Å²) < 4.78 is 40.5. The lowest BCUT2D eigenvalue weighted by molar-refractivity contribution is -0.136. The molecule has 0 aliphatic rings. The molecule has 1 heterocycles. The topological polar surface area (TPSA) is 65.1 Å². The van der Waals surface area contributed by atoms with E-state index in [-0.39, 0.29) is 10.8 Å². The van der Waals surface area contributed by atoms with Gasteiger partial charge in [0.2, 0.25) is 0 Å². The molecule has 0 saturated carbocycles. The smallest absolute Gasteiger partial charge is 0.339 e. The molecule has 0 radical (unpaired) electrons. The molecule has 0 unspecified atom stereocenters. The van der Waals surface area contributed by atoms with E-state index < -0.39 is 11.7 Å². The number of benzene rings is 1. The fraction of sp³-hybridized carbons (Fsp3) is 0.188. The van der Waals surface area contributed by atoms with E-state index in [0.29, 0.717) is 11.3 Å². The number of hydrogen-bond acceptors (Lipinski definition) is 3. The maximum Gasteiger partial charge on any atom is 0.418 e. The minimum Gasteiger partial charge on any atom is -0.339 e. The van der Waals surface area contributed by atoms with Gasteiger partial charge in [0.15, 0.2) is 5.11 Å². The van der Waals surface area contributed by atoms with E-state index in [1.54, 1.807) is 17.7 Å². The quantitative estimate of drug-likeness (QED) is 0.496. The summed E-state index contributed by atoms with van der Waals surface area (Å²) in [6.45, 7) is 1.82. The van der Waals surface area contributed by atoms with Crippen LogP contribution >= 0.6 is 12.2 Å². The van der Waals surface area contributed by atoms with Gasteiger partial charge >= 0.3 is 6.18 Å². The minimum atomic E-state index is -4.49. The molecule has 2 rings (SSSR count). The van der Waals surface area contributed by atoms with E-state index in [1.807, 2.05) is 13.0 Å². The van der Waals surface area contributed by atoms with Gasteiger partial charge < -0.3 is 9.88 Å². The largest absolute Gasteiger partial charge is 0.418 e.